The van der Waals surface area contributed by atoms with Gasteiger partial charge >= 0.3 is 74.9 Å². The monoisotopic (exact) mass is 243 g/mol. The van der Waals surface area contributed by atoms with E-state index in [0.29, 0.717) is 22.5 Å². The second-order valence-electron chi connectivity index (χ2n) is 2.78. The van der Waals surface area contributed by atoms with Gasteiger partial charge in [0, 0.05) is 0 Å². The molecule has 0 N–H and O–H groups in total. The predicted molar refractivity (Wildman–Crippen MR) is 48.0 cm³/mol. The molecule has 1 rings (SSSR count). The van der Waals surface area contributed by atoms with Gasteiger partial charge < -0.3 is 0 Å². The number of hydrogen-bond acceptors (Lipinski definition) is 1. The number of hydrogen-bond donors (Lipinski definition) is 0. The van der Waals surface area contributed by atoms with Crippen LogP contribution in [0.2, 0.25) is 0 Å². The maximum absolute atomic E-state index is 4.27. The normalized spacial score (nSPS) is 10.3. The van der Waals surface area contributed by atoms with E-state index in [-0.39, 0.29) is 0 Å². The van der Waals surface area contributed by atoms with Gasteiger partial charge in [-0.15, -0.1) is 0 Å². The van der Waals surface area contributed by atoms with Crippen LogP contribution in [0.15, 0.2) is 6.20 Å². The summed E-state index contributed by atoms with van der Waals surface area (Å²) in [6, 6.07) is 0. The van der Waals surface area contributed by atoms with Gasteiger partial charge in [-0.25, -0.2) is 0 Å². The average Bonchev–Trinajstić information content (AvgIpc) is 1.93. The molecule has 0 atom stereocenters. The topological polar surface area (TPSA) is 12.9 Å². The Morgan fingerprint density at radius 1 is 1.30 bits per heavy atom. The first-order valence-electron chi connectivity index (χ1n) is 3.52. The third-order valence-corrected chi connectivity index (χ3v) is 6.54. The maximum atomic E-state index is 4.27. The molecule has 0 aliphatic rings. The summed E-state index contributed by atoms with van der Waals surface area (Å²) >= 11 is 0.624. The molecule has 0 saturated carbocycles. The summed E-state index contributed by atoms with van der Waals surface area (Å²) < 4.78 is 1.58. The molecule has 1 aromatic rings. The minimum absolute atomic E-state index is 0.624. The molecule has 0 aliphatic heterocycles. The van der Waals surface area contributed by atoms with Crippen molar-refractivity contribution in [2.45, 2.75) is 20.8 Å². The molecule has 0 aromatic carbocycles. The quantitative estimate of drug-likeness (QED) is 0.583. The van der Waals surface area contributed by atoms with Crippen molar-refractivity contribution in [3.63, 3.8) is 0 Å². The van der Waals surface area contributed by atoms with E-state index in [4.69, 9.17) is 0 Å². The van der Waals surface area contributed by atoms with Crippen LogP contribution in [0.3, 0.4) is 0 Å². The van der Waals surface area contributed by atoms with Crippen molar-refractivity contribution in [2.24, 2.45) is 0 Å². The molecule has 0 aliphatic carbocycles. The number of rotatable bonds is 0. The molecule has 0 saturated heterocycles. The predicted octanol–water partition coefficient (Wildman–Crippen LogP) is -0.00244. The van der Waals surface area contributed by atoms with Gasteiger partial charge in [-0.05, 0) is 0 Å². The van der Waals surface area contributed by atoms with E-state index in [1.54, 1.807) is 3.58 Å². The van der Waals surface area contributed by atoms with Crippen molar-refractivity contribution in [3.05, 3.63) is 23.0 Å². The molecular formula is C8H13NSn. The fourth-order valence-corrected chi connectivity index (χ4v) is 2.36. The van der Waals surface area contributed by atoms with Gasteiger partial charge in [-0.1, -0.05) is 0 Å². The molecular weight excluding hydrogens is 229 g/mol. The molecule has 0 radical (unpaired) electrons. The number of nitrogens with zero attached hydrogens (tertiary/aromatic N) is 1. The van der Waals surface area contributed by atoms with Crippen molar-refractivity contribution in [2.75, 3.05) is 0 Å². The number of aromatic nitrogens is 1. The molecule has 0 unspecified atom stereocenters. The first-order chi connectivity index (χ1) is 4.63. The van der Waals surface area contributed by atoms with E-state index in [0.717, 1.165) is 0 Å². The summed E-state index contributed by atoms with van der Waals surface area (Å²) in [5.41, 5.74) is 3.98. The fourth-order valence-electron chi connectivity index (χ4n) is 0.954. The second-order valence-corrected chi connectivity index (χ2v) is 5.63. The summed E-state index contributed by atoms with van der Waals surface area (Å²) in [6.45, 7) is 6.39. The van der Waals surface area contributed by atoms with E-state index in [1.807, 2.05) is 6.20 Å². The van der Waals surface area contributed by atoms with Crippen LogP contribution in [-0.2, 0) is 0 Å². The Bertz CT molecular complexity index is 229. The molecule has 2 heteroatoms. The van der Waals surface area contributed by atoms with E-state index < -0.39 is 0 Å². The van der Waals surface area contributed by atoms with Crippen molar-refractivity contribution >= 4 is 26.1 Å². The first kappa shape index (κ1) is 8.05. The van der Waals surface area contributed by atoms with Crippen LogP contribution in [0.4, 0.5) is 0 Å². The van der Waals surface area contributed by atoms with Crippen molar-refractivity contribution in [1.82, 2.24) is 4.98 Å². The van der Waals surface area contributed by atoms with Crippen LogP contribution in [0.5, 0.6) is 0 Å². The average molecular weight is 242 g/mol. The van der Waals surface area contributed by atoms with Crippen LogP contribution in [0.1, 0.15) is 16.8 Å². The summed E-state index contributed by atoms with van der Waals surface area (Å²) in [4.78, 5) is 4.27. The Balaban J connectivity index is 3.34. The molecule has 54 valence electrons. The van der Waals surface area contributed by atoms with Gasteiger partial charge in [0.05, 0.1) is 0 Å². The molecule has 0 amide bonds. The molecule has 1 nitrogen and oxygen atoms in total. The van der Waals surface area contributed by atoms with E-state index in [1.165, 1.54) is 16.8 Å². The molecule has 0 bridgehead atoms. The van der Waals surface area contributed by atoms with Crippen LogP contribution in [0.25, 0.3) is 0 Å². The van der Waals surface area contributed by atoms with Crippen LogP contribution < -0.4 is 3.58 Å². The molecule has 1 heterocycles. The summed E-state index contributed by atoms with van der Waals surface area (Å²) in [6.07, 6.45) is 1.98. The van der Waals surface area contributed by atoms with Crippen LogP contribution in [0, 0.1) is 20.8 Å². The zero-order valence-corrected chi connectivity index (χ0v) is 12.7. The zero-order valence-electron chi connectivity index (χ0n) is 7.02. The van der Waals surface area contributed by atoms with E-state index in [2.05, 4.69) is 25.8 Å². The Hall–Kier alpha value is -0.0513. The molecule has 10 heavy (non-hydrogen) atoms. The Morgan fingerprint density at radius 3 is 2.40 bits per heavy atom. The Labute approximate surface area is 75.0 Å². The summed E-state index contributed by atoms with van der Waals surface area (Å²) in [7, 11) is 0. The van der Waals surface area contributed by atoms with Crippen molar-refractivity contribution in [3.8, 4) is 0 Å². The van der Waals surface area contributed by atoms with Gasteiger partial charge in [0.25, 0.3) is 0 Å². The van der Waals surface area contributed by atoms with E-state index in [9.17, 15) is 0 Å². The Kier molecular flexibility index (Phi) is 2.34. The van der Waals surface area contributed by atoms with Crippen molar-refractivity contribution in [1.29, 1.82) is 0 Å². The molecule has 1 aromatic heterocycles. The van der Waals surface area contributed by atoms with Gasteiger partial charge in [-0.2, -0.15) is 0 Å². The molecule has 0 spiro atoms. The number of pyridine rings is 1. The van der Waals surface area contributed by atoms with Crippen LogP contribution >= 0.6 is 0 Å². The van der Waals surface area contributed by atoms with Crippen LogP contribution in [-0.4, -0.2) is 27.5 Å². The number of aryl methyl sites for hydroxylation is 2. The van der Waals surface area contributed by atoms with Gasteiger partial charge in [-0.3, -0.25) is 0 Å². The van der Waals surface area contributed by atoms with Crippen molar-refractivity contribution < 1.29 is 0 Å². The third-order valence-electron chi connectivity index (χ3n) is 2.15. The summed E-state index contributed by atoms with van der Waals surface area (Å²) in [5.74, 6) is 0. The zero-order chi connectivity index (χ0) is 7.72. The Morgan fingerprint density at radius 2 is 1.90 bits per heavy atom. The van der Waals surface area contributed by atoms with Gasteiger partial charge in [0.2, 0.25) is 0 Å². The second kappa shape index (κ2) is 2.91. The SMILES string of the molecule is Cc1cnc(C)c(C)[c]1[SnH3]. The minimum atomic E-state index is 0.624. The first-order valence-corrected chi connectivity index (χ1v) is 6.37. The van der Waals surface area contributed by atoms with Gasteiger partial charge in [0.1, 0.15) is 0 Å². The standard InChI is InChI=1S/C8H10N.Sn.3H/c1-6-4-7(2)8(3)9-5-6;;;;/h5H,1-3H3;;;;. The van der Waals surface area contributed by atoms with Gasteiger partial charge in [0.15, 0.2) is 0 Å². The molecule has 0 fully saturated rings. The summed E-state index contributed by atoms with van der Waals surface area (Å²) in [5, 5.41) is 0. The third kappa shape index (κ3) is 1.34. The fraction of sp³-hybridized carbons (Fsp3) is 0.375. The van der Waals surface area contributed by atoms with E-state index >= 15 is 0 Å².